The largest absolute Gasteiger partial charge is 0.497 e. The van der Waals surface area contributed by atoms with Gasteiger partial charge < -0.3 is 14.2 Å². The monoisotopic (exact) mass is 294 g/mol. The lowest BCUT2D eigenvalue weighted by Gasteiger charge is -2.12. The molecule has 0 aliphatic rings. The number of carbonyl (C=O) groups is 1. The minimum absolute atomic E-state index is 0.0814. The van der Waals surface area contributed by atoms with Crippen LogP contribution in [0.15, 0.2) is 24.4 Å². The van der Waals surface area contributed by atoms with Gasteiger partial charge >= 0.3 is 5.97 Å². The number of rotatable bonds is 5. The quantitative estimate of drug-likeness (QED) is 0.791. The Balaban J connectivity index is 2.56. The summed E-state index contributed by atoms with van der Waals surface area (Å²) >= 11 is 0. The molecule has 0 radical (unpaired) electrons. The van der Waals surface area contributed by atoms with E-state index < -0.39 is 12.6 Å². The number of hydrogen-bond acceptors (Lipinski definition) is 5. The fraction of sp³-hybridized carbons (Fsp3) is 0.286. The van der Waals surface area contributed by atoms with Gasteiger partial charge in [-0.25, -0.2) is 13.9 Å². The van der Waals surface area contributed by atoms with Crippen molar-refractivity contribution < 1.29 is 23.4 Å². The summed E-state index contributed by atoms with van der Waals surface area (Å²) in [6.07, 6.45) is 1.27. The molecule has 2 aromatic rings. The Morgan fingerprint density at radius 3 is 2.62 bits per heavy atom. The van der Waals surface area contributed by atoms with Gasteiger partial charge in [0.15, 0.2) is 0 Å². The highest BCUT2D eigenvalue weighted by Crippen LogP contribution is 2.29. The van der Waals surface area contributed by atoms with Crippen LogP contribution in [0.1, 0.15) is 16.1 Å². The van der Waals surface area contributed by atoms with Gasteiger partial charge in [-0.1, -0.05) is 0 Å². The number of hydrogen-bond donors (Lipinski definition) is 0. The van der Waals surface area contributed by atoms with E-state index in [2.05, 4.69) is 9.84 Å². The minimum atomic E-state index is -0.861. The number of aromatic nitrogens is 2. The maximum absolute atomic E-state index is 13.3. The van der Waals surface area contributed by atoms with Crippen LogP contribution in [0.5, 0.6) is 11.5 Å². The first-order valence-corrected chi connectivity index (χ1v) is 6.09. The number of halogens is 1. The molecule has 0 atom stereocenters. The lowest BCUT2D eigenvalue weighted by atomic mass is 10.2. The molecule has 112 valence electrons. The predicted octanol–water partition coefficient (Wildman–Crippen LogP) is 2.15. The van der Waals surface area contributed by atoms with Crippen molar-refractivity contribution in [2.75, 3.05) is 21.3 Å². The van der Waals surface area contributed by atoms with E-state index in [9.17, 15) is 9.18 Å². The Kier molecular flexibility index (Phi) is 4.42. The smallest absolute Gasteiger partial charge is 0.341 e. The normalized spacial score (nSPS) is 10.3. The molecule has 6 nitrogen and oxygen atoms in total. The standard InChI is InChI=1S/C14H15FN2O4/c1-19-9-4-5-11(13(6-9)20-2)17-12(7-15)10(8-16-17)14(18)21-3/h4-6,8H,7H2,1-3H3. The molecule has 0 fully saturated rings. The molecule has 0 unspecified atom stereocenters. The summed E-state index contributed by atoms with van der Waals surface area (Å²) in [5.41, 5.74) is 0.685. The van der Waals surface area contributed by atoms with Crippen LogP contribution < -0.4 is 9.47 Å². The molecular formula is C14H15FN2O4. The van der Waals surface area contributed by atoms with Crippen molar-refractivity contribution in [2.45, 2.75) is 6.67 Å². The fourth-order valence-electron chi connectivity index (χ4n) is 1.95. The van der Waals surface area contributed by atoms with Crippen LogP contribution in [0.4, 0.5) is 4.39 Å². The highest BCUT2D eigenvalue weighted by atomic mass is 19.1. The highest BCUT2D eigenvalue weighted by Gasteiger charge is 2.20. The lowest BCUT2D eigenvalue weighted by Crippen LogP contribution is -2.08. The van der Waals surface area contributed by atoms with Gasteiger partial charge in [0.1, 0.15) is 29.4 Å². The number of nitrogens with zero attached hydrogens (tertiary/aromatic N) is 2. The maximum Gasteiger partial charge on any atom is 0.341 e. The number of methoxy groups -OCH3 is 3. The molecule has 7 heteroatoms. The zero-order valence-electron chi connectivity index (χ0n) is 11.9. The number of ether oxygens (including phenoxy) is 3. The van der Waals surface area contributed by atoms with Crippen LogP contribution in [0.2, 0.25) is 0 Å². The zero-order valence-corrected chi connectivity index (χ0v) is 11.9. The van der Waals surface area contributed by atoms with E-state index in [0.29, 0.717) is 17.2 Å². The first-order valence-electron chi connectivity index (χ1n) is 6.09. The molecule has 0 aliphatic heterocycles. The van der Waals surface area contributed by atoms with E-state index in [1.807, 2.05) is 0 Å². The van der Waals surface area contributed by atoms with Crippen molar-refractivity contribution in [1.82, 2.24) is 9.78 Å². The Morgan fingerprint density at radius 1 is 1.29 bits per heavy atom. The summed E-state index contributed by atoms with van der Waals surface area (Å²) in [7, 11) is 4.25. The van der Waals surface area contributed by atoms with Crippen molar-refractivity contribution in [1.29, 1.82) is 0 Å². The molecular weight excluding hydrogens is 279 g/mol. The molecule has 0 amide bonds. The molecule has 0 aliphatic carbocycles. The van der Waals surface area contributed by atoms with Crippen LogP contribution in [0.25, 0.3) is 5.69 Å². The Labute approximate surface area is 121 Å². The second kappa shape index (κ2) is 6.25. The van der Waals surface area contributed by atoms with Gasteiger partial charge in [0.05, 0.1) is 33.2 Å². The maximum atomic E-state index is 13.3. The second-order valence-electron chi connectivity index (χ2n) is 4.08. The lowest BCUT2D eigenvalue weighted by molar-refractivity contribution is 0.0598. The van der Waals surface area contributed by atoms with Crippen molar-refractivity contribution in [3.63, 3.8) is 0 Å². The zero-order chi connectivity index (χ0) is 15.4. The molecule has 0 saturated carbocycles. The molecule has 2 rings (SSSR count). The van der Waals surface area contributed by atoms with Crippen molar-refractivity contribution in [3.05, 3.63) is 35.7 Å². The first kappa shape index (κ1) is 14.8. The van der Waals surface area contributed by atoms with Crippen molar-refractivity contribution >= 4 is 5.97 Å². The van der Waals surface area contributed by atoms with E-state index in [-0.39, 0.29) is 11.3 Å². The molecule has 0 bridgehead atoms. The van der Waals surface area contributed by atoms with Crippen LogP contribution >= 0.6 is 0 Å². The third kappa shape index (κ3) is 2.67. The minimum Gasteiger partial charge on any atom is -0.497 e. The van der Waals surface area contributed by atoms with Gasteiger partial charge in [0.25, 0.3) is 0 Å². The van der Waals surface area contributed by atoms with E-state index in [1.54, 1.807) is 18.2 Å². The van der Waals surface area contributed by atoms with E-state index in [0.717, 1.165) is 0 Å². The highest BCUT2D eigenvalue weighted by molar-refractivity contribution is 5.90. The molecule has 0 spiro atoms. The van der Waals surface area contributed by atoms with Crippen LogP contribution in [0, 0.1) is 0 Å². The Bertz CT molecular complexity index is 654. The summed E-state index contributed by atoms with van der Waals surface area (Å²) in [4.78, 5) is 11.6. The topological polar surface area (TPSA) is 62.6 Å². The molecule has 0 saturated heterocycles. The number of benzene rings is 1. The molecule has 1 aromatic heterocycles. The van der Waals surface area contributed by atoms with Crippen molar-refractivity contribution in [3.8, 4) is 17.2 Å². The van der Waals surface area contributed by atoms with Gasteiger partial charge in [-0.3, -0.25) is 0 Å². The fourth-order valence-corrected chi connectivity index (χ4v) is 1.95. The molecule has 0 N–H and O–H groups in total. The van der Waals surface area contributed by atoms with E-state index in [1.165, 1.54) is 32.2 Å². The van der Waals surface area contributed by atoms with Crippen LogP contribution in [-0.4, -0.2) is 37.1 Å². The first-order chi connectivity index (χ1) is 10.2. The van der Waals surface area contributed by atoms with E-state index >= 15 is 0 Å². The Hall–Kier alpha value is -2.57. The Morgan fingerprint density at radius 2 is 2.05 bits per heavy atom. The molecule has 1 aromatic carbocycles. The second-order valence-corrected chi connectivity index (χ2v) is 4.08. The van der Waals surface area contributed by atoms with Gasteiger partial charge in [-0.15, -0.1) is 0 Å². The van der Waals surface area contributed by atoms with Crippen molar-refractivity contribution in [2.24, 2.45) is 0 Å². The van der Waals surface area contributed by atoms with Gasteiger partial charge in [0.2, 0.25) is 0 Å². The summed E-state index contributed by atoms with van der Waals surface area (Å²) < 4.78 is 29.6. The number of esters is 1. The summed E-state index contributed by atoms with van der Waals surface area (Å²) in [6, 6.07) is 5.01. The predicted molar refractivity (Wildman–Crippen MR) is 72.8 cm³/mol. The van der Waals surface area contributed by atoms with Gasteiger partial charge in [-0.05, 0) is 12.1 Å². The third-order valence-corrected chi connectivity index (χ3v) is 3.02. The van der Waals surface area contributed by atoms with Gasteiger partial charge in [-0.2, -0.15) is 5.10 Å². The molecule has 21 heavy (non-hydrogen) atoms. The third-order valence-electron chi connectivity index (χ3n) is 3.02. The SMILES string of the molecule is COC(=O)c1cnn(-c2ccc(OC)cc2OC)c1CF. The molecule has 1 heterocycles. The average Bonchev–Trinajstić information content (AvgIpc) is 2.96. The average molecular weight is 294 g/mol. The van der Waals surface area contributed by atoms with Crippen LogP contribution in [-0.2, 0) is 11.4 Å². The summed E-state index contributed by atoms with van der Waals surface area (Å²) in [5, 5.41) is 4.05. The summed E-state index contributed by atoms with van der Waals surface area (Å²) in [6.45, 7) is -0.861. The van der Waals surface area contributed by atoms with E-state index in [4.69, 9.17) is 9.47 Å². The summed E-state index contributed by atoms with van der Waals surface area (Å²) in [5.74, 6) is 0.405. The van der Waals surface area contributed by atoms with Gasteiger partial charge in [0, 0.05) is 6.07 Å². The van der Waals surface area contributed by atoms with Crippen LogP contribution in [0.3, 0.4) is 0 Å². The number of alkyl halides is 1. The number of carbonyl (C=O) groups excluding carboxylic acids is 1.